The van der Waals surface area contributed by atoms with Crippen molar-refractivity contribution in [1.82, 2.24) is 10.3 Å². The molecule has 0 aliphatic heterocycles. The first-order chi connectivity index (χ1) is 9.08. The number of aromatic nitrogens is 1. The van der Waals surface area contributed by atoms with Crippen molar-refractivity contribution in [2.24, 2.45) is 0 Å². The molecule has 0 aliphatic carbocycles. The van der Waals surface area contributed by atoms with Crippen molar-refractivity contribution in [3.05, 3.63) is 22.9 Å². The molecule has 1 heterocycles. The van der Waals surface area contributed by atoms with Gasteiger partial charge in [-0.05, 0) is 45.4 Å². The van der Waals surface area contributed by atoms with Gasteiger partial charge in [0, 0.05) is 24.9 Å². The van der Waals surface area contributed by atoms with Gasteiger partial charge in [0.25, 0.3) is 0 Å². The Balaban J connectivity index is 2.86. The number of methoxy groups -OCH3 is 1. The highest BCUT2D eigenvalue weighted by Crippen LogP contribution is 2.22. The predicted molar refractivity (Wildman–Crippen MR) is 77.7 cm³/mol. The first kappa shape index (κ1) is 15.9. The lowest BCUT2D eigenvalue weighted by Gasteiger charge is -2.18. The second kappa shape index (κ2) is 8.12. The SMILES string of the molecule is CCCNCc1c(C)cc(C)nc1OC(C)COC. The molecule has 4 heteroatoms. The van der Waals surface area contributed by atoms with E-state index in [0.717, 1.165) is 36.6 Å². The van der Waals surface area contributed by atoms with Crippen molar-refractivity contribution in [3.63, 3.8) is 0 Å². The lowest BCUT2D eigenvalue weighted by molar-refractivity contribution is 0.0880. The maximum atomic E-state index is 5.90. The van der Waals surface area contributed by atoms with Crippen LogP contribution >= 0.6 is 0 Å². The standard InChI is InChI=1S/C15H26N2O2/c1-6-7-16-9-14-11(2)8-12(3)17-15(14)19-13(4)10-18-5/h8,13,16H,6-7,9-10H2,1-5H3. The number of hydrogen-bond acceptors (Lipinski definition) is 4. The van der Waals surface area contributed by atoms with E-state index >= 15 is 0 Å². The van der Waals surface area contributed by atoms with Crippen LogP contribution in [-0.4, -0.2) is 31.3 Å². The fraction of sp³-hybridized carbons (Fsp3) is 0.667. The summed E-state index contributed by atoms with van der Waals surface area (Å²) in [7, 11) is 1.68. The molecule has 0 saturated heterocycles. The molecule has 0 bridgehead atoms. The van der Waals surface area contributed by atoms with Crippen LogP contribution in [0.3, 0.4) is 0 Å². The minimum Gasteiger partial charge on any atom is -0.472 e. The van der Waals surface area contributed by atoms with E-state index in [4.69, 9.17) is 9.47 Å². The molecule has 0 amide bonds. The van der Waals surface area contributed by atoms with Gasteiger partial charge in [0.15, 0.2) is 0 Å². The Kier molecular flexibility index (Phi) is 6.81. The maximum Gasteiger partial charge on any atom is 0.218 e. The van der Waals surface area contributed by atoms with Crippen LogP contribution in [-0.2, 0) is 11.3 Å². The van der Waals surface area contributed by atoms with Gasteiger partial charge in [0.05, 0.1) is 6.61 Å². The van der Waals surface area contributed by atoms with Gasteiger partial charge in [-0.2, -0.15) is 0 Å². The van der Waals surface area contributed by atoms with Crippen LogP contribution in [0.5, 0.6) is 5.88 Å². The summed E-state index contributed by atoms with van der Waals surface area (Å²) in [5.41, 5.74) is 3.34. The fourth-order valence-corrected chi connectivity index (χ4v) is 1.99. The highest BCUT2D eigenvalue weighted by atomic mass is 16.5. The maximum absolute atomic E-state index is 5.90. The van der Waals surface area contributed by atoms with Crippen molar-refractivity contribution >= 4 is 0 Å². The molecule has 1 aromatic rings. The summed E-state index contributed by atoms with van der Waals surface area (Å²) in [5, 5.41) is 3.41. The number of nitrogens with zero attached hydrogens (tertiary/aromatic N) is 1. The molecule has 4 nitrogen and oxygen atoms in total. The molecule has 0 aromatic carbocycles. The van der Waals surface area contributed by atoms with Crippen molar-refractivity contribution < 1.29 is 9.47 Å². The van der Waals surface area contributed by atoms with Gasteiger partial charge in [-0.15, -0.1) is 0 Å². The smallest absolute Gasteiger partial charge is 0.218 e. The number of pyridine rings is 1. The normalized spacial score (nSPS) is 12.5. The van der Waals surface area contributed by atoms with Gasteiger partial charge in [-0.1, -0.05) is 6.92 Å². The van der Waals surface area contributed by atoms with Crippen LogP contribution in [0.4, 0.5) is 0 Å². The summed E-state index contributed by atoms with van der Waals surface area (Å²) >= 11 is 0. The van der Waals surface area contributed by atoms with Crippen molar-refractivity contribution in [2.45, 2.75) is 46.8 Å². The van der Waals surface area contributed by atoms with E-state index in [1.807, 2.05) is 13.8 Å². The third-order valence-corrected chi connectivity index (χ3v) is 2.88. The van der Waals surface area contributed by atoms with Crippen LogP contribution in [0.2, 0.25) is 0 Å². The first-order valence-electron chi connectivity index (χ1n) is 6.91. The molecule has 0 radical (unpaired) electrons. The first-order valence-corrected chi connectivity index (χ1v) is 6.91. The third-order valence-electron chi connectivity index (χ3n) is 2.88. The number of hydrogen-bond donors (Lipinski definition) is 1. The molecule has 0 aliphatic rings. The number of aryl methyl sites for hydroxylation is 2. The second-order valence-electron chi connectivity index (χ2n) is 4.92. The van der Waals surface area contributed by atoms with E-state index in [1.54, 1.807) is 7.11 Å². The third kappa shape index (κ3) is 5.17. The van der Waals surface area contributed by atoms with Gasteiger partial charge in [0.1, 0.15) is 6.10 Å². The van der Waals surface area contributed by atoms with Crippen LogP contribution in [0, 0.1) is 13.8 Å². The van der Waals surface area contributed by atoms with Crippen LogP contribution in [0.1, 0.15) is 37.1 Å². The van der Waals surface area contributed by atoms with E-state index in [-0.39, 0.29) is 6.10 Å². The predicted octanol–water partition coefficient (Wildman–Crippen LogP) is 2.61. The topological polar surface area (TPSA) is 43.4 Å². The van der Waals surface area contributed by atoms with Crippen LogP contribution in [0.25, 0.3) is 0 Å². The molecule has 0 spiro atoms. The van der Waals surface area contributed by atoms with Gasteiger partial charge in [-0.25, -0.2) is 4.98 Å². The summed E-state index contributed by atoms with van der Waals surface area (Å²) < 4.78 is 11.0. The summed E-state index contributed by atoms with van der Waals surface area (Å²) in [5.74, 6) is 0.727. The van der Waals surface area contributed by atoms with Crippen LogP contribution < -0.4 is 10.1 Å². The lowest BCUT2D eigenvalue weighted by Crippen LogP contribution is -2.22. The Bertz CT molecular complexity index is 394. The molecule has 19 heavy (non-hydrogen) atoms. The van der Waals surface area contributed by atoms with E-state index in [9.17, 15) is 0 Å². The van der Waals surface area contributed by atoms with Gasteiger partial charge >= 0.3 is 0 Å². The summed E-state index contributed by atoms with van der Waals surface area (Å²) in [6.07, 6.45) is 1.12. The Morgan fingerprint density at radius 3 is 2.74 bits per heavy atom. The summed E-state index contributed by atoms with van der Waals surface area (Å²) in [6.45, 7) is 10.6. The highest BCUT2D eigenvalue weighted by Gasteiger charge is 2.13. The number of rotatable bonds is 8. The number of ether oxygens (including phenoxy) is 2. The molecule has 0 fully saturated rings. The van der Waals surface area contributed by atoms with Crippen LogP contribution in [0.15, 0.2) is 6.07 Å². The second-order valence-corrected chi connectivity index (χ2v) is 4.92. The van der Waals surface area contributed by atoms with E-state index in [0.29, 0.717) is 6.61 Å². The van der Waals surface area contributed by atoms with E-state index < -0.39 is 0 Å². The molecule has 1 unspecified atom stereocenters. The summed E-state index contributed by atoms with van der Waals surface area (Å²) in [4.78, 5) is 4.52. The zero-order valence-corrected chi connectivity index (χ0v) is 12.7. The number of nitrogens with one attached hydrogen (secondary N) is 1. The van der Waals surface area contributed by atoms with E-state index in [2.05, 4.69) is 30.2 Å². The average molecular weight is 266 g/mol. The van der Waals surface area contributed by atoms with Crippen molar-refractivity contribution in [1.29, 1.82) is 0 Å². The monoisotopic (exact) mass is 266 g/mol. The molecule has 1 atom stereocenters. The van der Waals surface area contributed by atoms with Crippen molar-refractivity contribution in [2.75, 3.05) is 20.3 Å². The molecule has 1 N–H and O–H groups in total. The largest absolute Gasteiger partial charge is 0.472 e. The van der Waals surface area contributed by atoms with Gasteiger partial charge in [-0.3, -0.25) is 0 Å². The Hall–Kier alpha value is -1.13. The minimum atomic E-state index is 0.00336. The van der Waals surface area contributed by atoms with Crippen molar-refractivity contribution in [3.8, 4) is 5.88 Å². The Labute approximate surface area is 116 Å². The Morgan fingerprint density at radius 1 is 1.37 bits per heavy atom. The average Bonchev–Trinajstić information content (AvgIpc) is 2.32. The summed E-state index contributed by atoms with van der Waals surface area (Å²) in [6, 6.07) is 2.09. The fourth-order valence-electron chi connectivity index (χ4n) is 1.99. The zero-order chi connectivity index (χ0) is 14.3. The lowest BCUT2D eigenvalue weighted by atomic mass is 10.1. The minimum absolute atomic E-state index is 0.00336. The quantitative estimate of drug-likeness (QED) is 0.735. The van der Waals surface area contributed by atoms with Gasteiger partial charge in [0.2, 0.25) is 5.88 Å². The Morgan fingerprint density at radius 2 is 2.11 bits per heavy atom. The zero-order valence-electron chi connectivity index (χ0n) is 12.7. The molecule has 0 saturated carbocycles. The molecule has 108 valence electrons. The van der Waals surface area contributed by atoms with Gasteiger partial charge < -0.3 is 14.8 Å². The van der Waals surface area contributed by atoms with E-state index in [1.165, 1.54) is 5.56 Å². The molecule has 1 rings (SSSR count). The molecule has 1 aromatic heterocycles. The highest BCUT2D eigenvalue weighted by molar-refractivity contribution is 5.36. The molecular weight excluding hydrogens is 240 g/mol. The molecular formula is C15H26N2O2.